The molecule has 0 aliphatic rings. The topological polar surface area (TPSA) is 79.5 Å². The summed E-state index contributed by atoms with van der Waals surface area (Å²) in [6, 6.07) is 13.9. The lowest BCUT2D eigenvalue weighted by atomic mass is 10.1. The highest BCUT2D eigenvalue weighted by molar-refractivity contribution is 7.80. The van der Waals surface area contributed by atoms with Crippen molar-refractivity contribution < 1.29 is 14.3 Å². The fourth-order valence-corrected chi connectivity index (χ4v) is 2.27. The van der Waals surface area contributed by atoms with E-state index in [-0.39, 0.29) is 11.0 Å². The van der Waals surface area contributed by atoms with Crippen molar-refractivity contribution in [3.63, 3.8) is 0 Å². The average Bonchev–Trinajstić information content (AvgIpc) is 2.64. The van der Waals surface area contributed by atoms with Crippen LogP contribution in [0.4, 0.5) is 0 Å². The SMILES string of the molecule is CCCOc1cccc(C(=O)NC(=S)NNC(=O)c2cccc(C)c2)c1. The molecule has 3 N–H and O–H groups in total. The highest BCUT2D eigenvalue weighted by atomic mass is 32.1. The number of amides is 2. The first kappa shape index (κ1) is 19.4. The third kappa shape index (κ3) is 5.86. The first-order chi connectivity index (χ1) is 12.5. The van der Waals surface area contributed by atoms with Gasteiger partial charge in [0.1, 0.15) is 5.75 Å². The van der Waals surface area contributed by atoms with Crippen molar-refractivity contribution in [1.82, 2.24) is 16.2 Å². The van der Waals surface area contributed by atoms with Gasteiger partial charge in [0.25, 0.3) is 11.8 Å². The monoisotopic (exact) mass is 371 g/mol. The number of rotatable bonds is 5. The minimum absolute atomic E-state index is 0.00381. The zero-order valence-electron chi connectivity index (χ0n) is 14.7. The maximum absolute atomic E-state index is 12.2. The van der Waals surface area contributed by atoms with Crippen molar-refractivity contribution in [2.75, 3.05) is 6.61 Å². The summed E-state index contributed by atoms with van der Waals surface area (Å²) in [6.07, 6.45) is 0.880. The molecule has 2 aromatic rings. The predicted octanol–water partition coefficient (Wildman–Crippen LogP) is 2.73. The molecule has 0 saturated heterocycles. The van der Waals surface area contributed by atoms with Gasteiger partial charge in [-0.05, 0) is 55.9 Å². The second-order valence-corrected chi connectivity index (χ2v) is 6.02. The summed E-state index contributed by atoms with van der Waals surface area (Å²) in [7, 11) is 0. The number of aryl methyl sites for hydroxylation is 1. The molecule has 26 heavy (non-hydrogen) atoms. The molecule has 0 unspecified atom stereocenters. The fraction of sp³-hybridized carbons (Fsp3) is 0.211. The van der Waals surface area contributed by atoms with Crippen LogP contribution in [0.15, 0.2) is 48.5 Å². The third-order valence-corrected chi connectivity index (χ3v) is 3.57. The molecule has 0 aromatic heterocycles. The van der Waals surface area contributed by atoms with Gasteiger partial charge in [0.2, 0.25) is 0 Å². The van der Waals surface area contributed by atoms with E-state index in [9.17, 15) is 9.59 Å². The van der Waals surface area contributed by atoms with Gasteiger partial charge in [-0.15, -0.1) is 0 Å². The fourth-order valence-electron chi connectivity index (χ4n) is 2.13. The second kappa shape index (κ2) is 9.53. The summed E-state index contributed by atoms with van der Waals surface area (Å²) in [5.41, 5.74) is 6.85. The maximum Gasteiger partial charge on any atom is 0.269 e. The molecule has 0 aliphatic heterocycles. The zero-order chi connectivity index (χ0) is 18.9. The van der Waals surface area contributed by atoms with E-state index in [4.69, 9.17) is 17.0 Å². The smallest absolute Gasteiger partial charge is 0.269 e. The summed E-state index contributed by atoms with van der Waals surface area (Å²) in [4.78, 5) is 24.3. The molecule has 136 valence electrons. The number of carbonyl (C=O) groups excluding carboxylic acids is 2. The Hall–Kier alpha value is -2.93. The van der Waals surface area contributed by atoms with Crippen LogP contribution in [0, 0.1) is 6.92 Å². The van der Waals surface area contributed by atoms with E-state index in [1.54, 1.807) is 42.5 Å². The van der Waals surface area contributed by atoms with E-state index in [0.29, 0.717) is 23.5 Å². The van der Waals surface area contributed by atoms with Gasteiger partial charge in [-0.1, -0.05) is 30.7 Å². The van der Waals surface area contributed by atoms with Gasteiger partial charge >= 0.3 is 0 Å². The normalized spacial score (nSPS) is 9.92. The van der Waals surface area contributed by atoms with Crippen molar-refractivity contribution in [1.29, 1.82) is 0 Å². The van der Waals surface area contributed by atoms with Gasteiger partial charge in [-0.3, -0.25) is 25.8 Å². The first-order valence-corrected chi connectivity index (χ1v) is 8.61. The van der Waals surface area contributed by atoms with Crippen LogP contribution in [0.25, 0.3) is 0 Å². The van der Waals surface area contributed by atoms with Crippen molar-refractivity contribution in [3.05, 3.63) is 65.2 Å². The number of ether oxygens (including phenoxy) is 1. The molecular formula is C19H21N3O3S. The van der Waals surface area contributed by atoms with Crippen molar-refractivity contribution in [3.8, 4) is 5.75 Å². The summed E-state index contributed by atoms with van der Waals surface area (Å²) in [5.74, 6) is -0.124. The molecule has 0 aliphatic carbocycles. The molecule has 0 radical (unpaired) electrons. The summed E-state index contributed by atoms with van der Waals surface area (Å²) < 4.78 is 5.50. The average molecular weight is 371 g/mol. The van der Waals surface area contributed by atoms with Gasteiger partial charge in [-0.2, -0.15) is 0 Å². The number of carbonyl (C=O) groups is 2. The Morgan fingerprint density at radius 2 is 1.69 bits per heavy atom. The van der Waals surface area contributed by atoms with E-state index in [2.05, 4.69) is 16.2 Å². The Balaban J connectivity index is 1.87. The lowest BCUT2D eigenvalue weighted by Crippen LogP contribution is -2.48. The summed E-state index contributed by atoms with van der Waals surface area (Å²) in [6.45, 7) is 4.48. The summed E-state index contributed by atoms with van der Waals surface area (Å²) in [5, 5.41) is 2.51. The van der Waals surface area contributed by atoms with Gasteiger partial charge in [0, 0.05) is 11.1 Å². The lowest BCUT2D eigenvalue weighted by Gasteiger charge is -2.11. The Kier molecular flexibility index (Phi) is 7.11. The lowest BCUT2D eigenvalue weighted by molar-refractivity contribution is 0.0934. The minimum Gasteiger partial charge on any atom is -0.494 e. The first-order valence-electron chi connectivity index (χ1n) is 8.21. The van der Waals surface area contributed by atoms with Gasteiger partial charge in [-0.25, -0.2) is 0 Å². The maximum atomic E-state index is 12.2. The molecule has 0 spiro atoms. The van der Waals surface area contributed by atoms with Crippen LogP contribution in [0.3, 0.4) is 0 Å². The molecule has 0 heterocycles. The number of nitrogens with one attached hydrogen (secondary N) is 3. The minimum atomic E-state index is -0.394. The Bertz CT molecular complexity index is 808. The predicted molar refractivity (Wildman–Crippen MR) is 104 cm³/mol. The summed E-state index contributed by atoms with van der Waals surface area (Å²) >= 11 is 5.04. The number of benzene rings is 2. The van der Waals surface area contributed by atoms with Crippen LogP contribution in [-0.2, 0) is 0 Å². The van der Waals surface area contributed by atoms with Crippen molar-refractivity contribution in [2.24, 2.45) is 0 Å². The van der Waals surface area contributed by atoms with Crippen LogP contribution in [-0.4, -0.2) is 23.5 Å². The molecule has 0 fully saturated rings. The molecule has 6 nitrogen and oxygen atoms in total. The van der Waals surface area contributed by atoms with Crippen molar-refractivity contribution in [2.45, 2.75) is 20.3 Å². The largest absolute Gasteiger partial charge is 0.494 e. The van der Waals surface area contributed by atoms with Crippen LogP contribution in [0.5, 0.6) is 5.75 Å². The van der Waals surface area contributed by atoms with Gasteiger partial charge < -0.3 is 4.74 Å². The van der Waals surface area contributed by atoms with Crippen LogP contribution in [0.2, 0.25) is 0 Å². The van der Waals surface area contributed by atoms with Crippen molar-refractivity contribution >= 4 is 29.1 Å². The Morgan fingerprint density at radius 3 is 2.38 bits per heavy atom. The number of hydrogen-bond acceptors (Lipinski definition) is 4. The molecule has 2 aromatic carbocycles. The Labute approximate surface area is 157 Å². The van der Waals surface area contributed by atoms with Gasteiger partial charge in [0.05, 0.1) is 6.61 Å². The Morgan fingerprint density at radius 1 is 1.00 bits per heavy atom. The highest BCUT2D eigenvalue weighted by Gasteiger charge is 2.10. The zero-order valence-corrected chi connectivity index (χ0v) is 15.5. The van der Waals surface area contributed by atoms with Gasteiger partial charge in [0.15, 0.2) is 5.11 Å². The molecule has 2 amide bonds. The standard InChI is InChI=1S/C19H21N3O3S/c1-3-10-25-16-9-5-8-15(12-16)17(23)20-19(26)22-21-18(24)14-7-4-6-13(2)11-14/h4-9,11-12H,3,10H2,1-2H3,(H,21,24)(H2,20,22,23,26). The van der Waals surface area contributed by atoms with E-state index in [0.717, 1.165) is 12.0 Å². The van der Waals surface area contributed by atoms with Crippen LogP contribution < -0.4 is 20.9 Å². The third-order valence-electron chi connectivity index (χ3n) is 3.37. The van der Waals surface area contributed by atoms with Crippen LogP contribution in [0.1, 0.15) is 39.6 Å². The highest BCUT2D eigenvalue weighted by Crippen LogP contribution is 2.13. The molecule has 2 rings (SSSR count). The second-order valence-electron chi connectivity index (χ2n) is 5.61. The molecule has 0 saturated carbocycles. The number of hydrazine groups is 1. The molecule has 0 atom stereocenters. The van der Waals surface area contributed by atoms with E-state index in [1.807, 2.05) is 19.9 Å². The van der Waals surface area contributed by atoms with E-state index >= 15 is 0 Å². The van der Waals surface area contributed by atoms with Crippen LogP contribution >= 0.6 is 12.2 Å². The number of thiocarbonyl (C=S) groups is 1. The van der Waals surface area contributed by atoms with E-state index in [1.165, 1.54) is 0 Å². The molecular weight excluding hydrogens is 350 g/mol. The van der Waals surface area contributed by atoms with E-state index < -0.39 is 5.91 Å². The quantitative estimate of drug-likeness (QED) is 0.556. The number of hydrogen-bond donors (Lipinski definition) is 3. The molecule has 7 heteroatoms. The molecule has 0 bridgehead atoms.